The summed E-state index contributed by atoms with van der Waals surface area (Å²) in [7, 11) is 2.78. The molecule has 0 unspecified atom stereocenters. The number of methoxy groups -OCH3 is 2. The van der Waals surface area contributed by atoms with E-state index in [1.165, 1.54) is 43.4 Å². The van der Waals surface area contributed by atoms with Gasteiger partial charge in [0, 0.05) is 15.4 Å². The molecule has 53 heavy (non-hydrogen) atoms. The number of imide groups is 2. The number of halogens is 3. The van der Waals surface area contributed by atoms with Crippen LogP contribution in [0.5, 0.6) is 17.2 Å². The summed E-state index contributed by atoms with van der Waals surface area (Å²) in [5.41, 5.74) is 3.75. The van der Waals surface area contributed by atoms with Gasteiger partial charge in [-0.25, -0.2) is 4.39 Å². The number of rotatable bonds is 7. The van der Waals surface area contributed by atoms with Gasteiger partial charge in [0.1, 0.15) is 5.82 Å². The van der Waals surface area contributed by atoms with Gasteiger partial charge in [-0.2, -0.15) is 5.01 Å². The second-order valence-corrected chi connectivity index (χ2v) is 15.0. The predicted octanol–water partition coefficient (Wildman–Crippen LogP) is 7.15. The van der Waals surface area contributed by atoms with Crippen molar-refractivity contribution in [1.82, 2.24) is 5.01 Å². The van der Waals surface area contributed by atoms with E-state index in [-0.39, 0.29) is 41.9 Å². The Hall–Kier alpha value is -5.20. The molecule has 4 aliphatic rings. The number of aromatic hydroxyl groups is 1. The molecule has 6 atom stereocenters. The Bertz CT molecular complexity index is 2190. The summed E-state index contributed by atoms with van der Waals surface area (Å²) in [6.45, 7) is 0. The number of ether oxygens (including phenoxy) is 2. The van der Waals surface area contributed by atoms with E-state index in [1.807, 2.05) is 6.08 Å². The zero-order chi connectivity index (χ0) is 37.3. The predicted molar refractivity (Wildman–Crippen MR) is 197 cm³/mol. The highest BCUT2D eigenvalue weighted by atomic mass is 79.9. The number of nitrogens with one attached hydrogen (secondary N) is 1. The Labute approximate surface area is 317 Å². The highest BCUT2D eigenvalue weighted by Gasteiger charge is 2.70. The minimum atomic E-state index is -1.62. The maximum Gasteiger partial charge on any atom is 0.260 e. The van der Waals surface area contributed by atoms with Crippen molar-refractivity contribution in [1.29, 1.82) is 0 Å². The van der Waals surface area contributed by atoms with Crippen LogP contribution in [-0.2, 0) is 24.6 Å². The summed E-state index contributed by atoms with van der Waals surface area (Å²) >= 11 is 9.79. The molecule has 3 fully saturated rings. The number of fused-ring (bicyclic) bond motifs is 4. The third-order valence-electron chi connectivity index (χ3n) is 11.2. The van der Waals surface area contributed by atoms with Crippen molar-refractivity contribution in [2.75, 3.05) is 24.5 Å². The number of anilines is 2. The quantitative estimate of drug-likeness (QED) is 0.149. The molecule has 4 aromatic rings. The Morgan fingerprint density at radius 3 is 2.13 bits per heavy atom. The van der Waals surface area contributed by atoms with Crippen LogP contribution in [-0.4, -0.2) is 48.0 Å². The van der Waals surface area contributed by atoms with Gasteiger partial charge in [0.05, 0.1) is 48.8 Å². The highest BCUT2D eigenvalue weighted by Crippen LogP contribution is 2.65. The first-order chi connectivity index (χ1) is 25.5. The van der Waals surface area contributed by atoms with Crippen LogP contribution < -0.4 is 19.8 Å². The van der Waals surface area contributed by atoms with Gasteiger partial charge in [-0.15, -0.1) is 0 Å². The molecule has 8 rings (SSSR count). The fraction of sp³-hybridized carbons (Fsp3) is 0.250. The smallest absolute Gasteiger partial charge is 0.260 e. The maximum absolute atomic E-state index is 15.3. The van der Waals surface area contributed by atoms with Crippen molar-refractivity contribution in [3.8, 4) is 17.2 Å². The standard InChI is InChI=1S/C40H32BrClFN3O7/c1-52-31-17-20(18-32(53-2)35(31)47)34-27-15-16-28-33(38(50)45(36(28)48)26-13-5-22(41)6-14-26)29(27)19-30-37(49)46(44-25-11-9-24(43)10-12-25)39(51)40(30,34)21-3-7-23(42)8-4-21/h3-15,17-18,28-30,33-34,44,47H,16,19H2,1-2H3/t28-,29+,30-,33-,34-,40+/m0/s1. The zero-order valence-electron chi connectivity index (χ0n) is 28.4. The van der Waals surface area contributed by atoms with E-state index in [0.717, 1.165) is 9.48 Å². The van der Waals surface area contributed by atoms with Crippen molar-refractivity contribution < 1.29 is 38.1 Å². The molecule has 0 spiro atoms. The zero-order valence-corrected chi connectivity index (χ0v) is 30.7. The van der Waals surface area contributed by atoms with E-state index in [0.29, 0.717) is 33.1 Å². The fourth-order valence-corrected chi connectivity index (χ4v) is 9.35. The van der Waals surface area contributed by atoms with Crippen LogP contribution in [0.1, 0.15) is 29.9 Å². The summed E-state index contributed by atoms with van der Waals surface area (Å²) < 4.78 is 25.8. The molecule has 4 amide bonds. The molecule has 2 N–H and O–H groups in total. The summed E-state index contributed by atoms with van der Waals surface area (Å²) in [4.78, 5) is 59.9. The number of carbonyl (C=O) groups is 4. The fourth-order valence-electron chi connectivity index (χ4n) is 8.96. The Morgan fingerprint density at radius 1 is 0.868 bits per heavy atom. The number of allylic oxidation sites excluding steroid dienone is 2. The normalized spacial score (nSPS) is 26.2. The first kappa shape index (κ1) is 34.9. The van der Waals surface area contributed by atoms with Crippen LogP contribution in [0.3, 0.4) is 0 Å². The molecular formula is C40H32BrClFN3O7. The summed E-state index contributed by atoms with van der Waals surface area (Å²) in [6, 6.07) is 22.2. The van der Waals surface area contributed by atoms with Gasteiger partial charge in [0.25, 0.3) is 11.8 Å². The monoisotopic (exact) mass is 799 g/mol. The first-order valence-electron chi connectivity index (χ1n) is 16.9. The van der Waals surface area contributed by atoms with Crippen molar-refractivity contribution in [2.24, 2.45) is 23.7 Å². The van der Waals surface area contributed by atoms with Crippen LogP contribution in [0, 0.1) is 29.5 Å². The lowest BCUT2D eigenvalue weighted by atomic mass is 9.49. The first-order valence-corrected chi connectivity index (χ1v) is 18.1. The summed E-state index contributed by atoms with van der Waals surface area (Å²) in [6.07, 6.45) is 2.22. The van der Waals surface area contributed by atoms with E-state index in [2.05, 4.69) is 21.4 Å². The van der Waals surface area contributed by atoms with Gasteiger partial charge in [0.2, 0.25) is 17.6 Å². The van der Waals surface area contributed by atoms with Crippen molar-refractivity contribution in [3.63, 3.8) is 0 Å². The number of amides is 4. The Kier molecular flexibility index (Phi) is 8.57. The molecule has 13 heteroatoms. The second-order valence-electron chi connectivity index (χ2n) is 13.6. The molecule has 2 aliphatic carbocycles. The molecule has 10 nitrogen and oxygen atoms in total. The van der Waals surface area contributed by atoms with Gasteiger partial charge in [-0.3, -0.25) is 29.5 Å². The highest BCUT2D eigenvalue weighted by molar-refractivity contribution is 9.10. The largest absolute Gasteiger partial charge is 0.502 e. The summed E-state index contributed by atoms with van der Waals surface area (Å²) in [5, 5.41) is 12.4. The van der Waals surface area contributed by atoms with Crippen LogP contribution in [0.4, 0.5) is 15.8 Å². The van der Waals surface area contributed by atoms with Crippen molar-refractivity contribution >= 4 is 62.5 Å². The van der Waals surface area contributed by atoms with Gasteiger partial charge >= 0.3 is 0 Å². The van der Waals surface area contributed by atoms with Crippen LogP contribution in [0.2, 0.25) is 5.02 Å². The molecule has 2 aliphatic heterocycles. The maximum atomic E-state index is 15.3. The van der Waals surface area contributed by atoms with E-state index >= 15 is 4.79 Å². The van der Waals surface area contributed by atoms with Crippen LogP contribution >= 0.6 is 27.5 Å². The number of nitrogens with zero attached hydrogens (tertiary/aromatic N) is 2. The Morgan fingerprint density at radius 2 is 1.51 bits per heavy atom. The molecule has 0 bridgehead atoms. The van der Waals surface area contributed by atoms with E-state index in [4.69, 9.17) is 21.1 Å². The topological polar surface area (TPSA) is 125 Å². The van der Waals surface area contributed by atoms with Gasteiger partial charge < -0.3 is 14.6 Å². The number of hydrogen-bond donors (Lipinski definition) is 2. The lowest BCUT2D eigenvalue weighted by Gasteiger charge is -2.50. The van der Waals surface area contributed by atoms with Crippen LogP contribution in [0.15, 0.2) is 101 Å². The molecule has 4 aromatic carbocycles. The van der Waals surface area contributed by atoms with Gasteiger partial charge in [0.15, 0.2) is 11.5 Å². The third-order valence-corrected chi connectivity index (χ3v) is 12.0. The SMILES string of the molecule is COc1cc([C@H]2C3=CC[C@@H]4C(=O)N(c5ccc(Br)cc5)C(=O)[C@@H]4[C@@H]3C[C@H]3C(=O)N(Nc4ccc(F)cc4)C(=O)[C@@]23c2ccc(Cl)cc2)cc(OC)c1O. The average molecular weight is 801 g/mol. The molecule has 0 aromatic heterocycles. The molecule has 2 heterocycles. The number of phenolic OH excluding ortho intramolecular Hbond substituents is 1. The van der Waals surface area contributed by atoms with Crippen molar-refractivity contribution in [2.45, 2.75) is 24.2 Å². The molecule has 2 saturated heterocycles. The van der Waals surface area contributed by atoms with Crippen LogP contribution in [0.25, 0.3) is 0 Å². The molecule has 1 saturated carbocycles. The minimum Gasteiger partial charge on any atom is -0.502 e. The average Bonchev–Trinajstić information content (AvgIpc) is 3.54. The van der Waals surface area contributed by atoms with E-state index in [1.54, 1.807) is 60.7 Å². The Balaban J connectivity index is 1.35. The lowest BCUT2D eigenvalue weighted by Crippen LogP contribution is -2.53. The molecular weight excluding hydrogens is 769 g/mol. The number of hydrazine groups is 1. The molecule has 0 radical (unpaired) electrons. The van der Waals surface area contributed by atoms with E-state index < -0.39 is 52.6 Å². The number of phenols is 1. The number of benzene rings is 4. The summed E-state index contributed by atoms with van der Waals surface area (Å²) in [5.74, 6) is -6.55. The minimum absolute atomic E-state index is 0.0673. The second kappa shape index (κ2) is 13.0. The number of carbonyl (C=O) groups excluding carboxylic acids is 4. The molecule has 270 valence electrons. The van der Waals surface area contributed by atoms with Gasteiger partial charge in [-0.1, -0.05) is 51.3 Å². The number of hydrogen-bond acceptors (Lipinski definition) is 8. The van der Waals surface area contributed by atoms with Crippen molar-refractivity contribution in [3.05, 3.63) is 123 Å². The van der Waals surface area contributed by atoms with Gasteiger partial charge in [-0.05, 0) is 103 Å². The third kappa shape index (κ3) is 5.25. The van der Waals surface area contributed by atoms with E-state index in [9.17, 15) is 23.9 Å². The lowest BCUT2D eigenvalue weighted by molar-refractivity contribution is -0.138.